The predicted octanol–water partition coefficient (Wildman–Crippen LogP) is 3.74. The Labute approximate surface area is 120 Å². The van der Waals surface area contributed by atoms with Crippen molar-refractivity contribution < 1.29 is 4.79 Å². The number of rotatable bonds is 2. The molecule has 2 nitrogen and oxygen atoms in total. The fourth-order valence-corrected chi connectivity index (χ4v) is 3.43. The summed E-state index contributed by atoms with van der Waals surface area (Å²) in [4.78, 5) is 13.4. The summed E-state index contributed by atoms with van der Waals surface area (Å²) in [6.07, 6.45) is 0.987. The van der Waals surface area contributed by atoms with Crippen LogP contribution in [0.3, 0.4) is 0 Å². The molecule has 1 aliphatic rings. The van der Waals surface area contributed by atoms with Gasteiger partial charge in [-0.2, -0.15) is 0 Å². The second-order valence-electron chi connectivity index (χ2n) is 5.49. The van der Waals surface area contributed by atoms with E-state index in [9.17, 15) is 4.79 Å². The zero-order chi connectivity index (χ0) is 14.1. The highest BCUT2D eigenvalue weighted by molar-refractivity contribution is 5.54. The number of hydrogen-bond acceptors (Lipinski definition) is 1. The van der Waals surface area contributed by atoms with Gasteiger partial charge in [0.15, 0.2) is 0 Å². The second kappa shape index (κ2) is 5.12. The highest BCUT2D eigenvalue weighted by Gasteiger charge is 2.36. The van der Waals surface area contributed by atoms with Crippen LogP contribution in [0.4, 0.5) is 0 Å². The standard InChI is InChI=1S/C18H19NO/c1-13-16-10-6-7-11-17(16)18(14(2)19(13)12-20)15-8-4-3-5-9-15/h3-14,18H,1-2H3/t13-,14-,18+/m1/s1. The molecule has 3 rings (SSSR count). The number of amides is 1. The van der Waals surface area contributed by atoms with Gasteiger partial charge >= 0.3 is 0 Å². The topological polar surface area (TPSA) is 20.3 Å². The first-order valence-corrected chi connectivity index (χ1v) is 7.10. The largest absolute Gasteiger partial charge is 0.335 e. The molecule has 0 N–H and O–H groups in total. The Bertz CT molecular complexity index is 608. The van der Waals surface area contributed by atoms with Gasteiger partial charge in [-0.25, -0.2) is 0 Å². The Morgan fingerprint density at radius 2 is 1.50 bits per heavy atom. The average molecular weight is 265 g/mol. The van der Waals surface area contributed by atoms with Crippen molar-refractivity contribution in [1.29, 1.82) is 0 Å². The van der Waals surface area contributed by atoms with Gasteiger partial charge in [0.1, 0.15) is 0 Å². The van der Waals surface area contributed by atoms with Gasteiger partial charge in [0, 0.05) is 12.0 Å². The summed E-state index contributed by atoms with van der Waals surface area (Å²) < 4.78 is 0. The molecule has 0 aliphatic carbocycles. The van der Waals surface area contributed by atoms with Crippen LogP contribution < -0.4 is 0 Å². The lowest BCUT2D eigenvalue weighted by Gasteiger charge is -2.43. The van der Waals surface area contributed by atoms with Gasteiger partial charge in [-0.05, 0) is 30.5 Å². The van der Waals surface area contributed by atoms with Gasteiger partial charge in [-0.1, -0.05) is 54.6 Å². The molecule has 2 aromatic carbocycles. The van der Waals surface area contributed by atoms with E-state index in [1.54, 1.807) is 0 Å². The minimum Gasteiger partial charge on any atom is -0.335 e. The van der Waals surface area contributed by atoms with Crippen LogP contribution in [0.5, 0.6) is 0 Å². The first-order valence-electron chi connectivity index (χ1n) is 7.10. The summed E-state index contributed by atoms with van der Waals surface area (Å²) in [6, 6.07) is 19.2. The predicted molar refractivity (Wildman–Crippen MR) is 80.5 cm³/mol. The van der Waals surface area contributed by atoms with Crippen LogP contribution in [0.2, 0.25) is 0 Å². The van der Waals surface area contributed by atoms with Gasteiger partial charge in [0.2, 0.25) is 6.41 Å². The fourth-order valence-electron chi connectivity index (χ4n) is 3.43. The number of carbonyl (C=O) groups excluding carboxylic acids is 1. The van der Waals surface area contributed by atoms with Crippen LogP contribution in [0.1, 0.15) is 42.5 Å². The lowest BCUT2D eigenvalue weighted by molar-refractivity contribution is -0.123. The molecule has 1 amide bonds. The van der Waals surface area contributed by atoms with E-state index >= 15 is 0 Å². The Kier molecular flexibility index (Phi) is 3.31. The van der Waals surface area contributed by atoms with Crippen molar-refractivity contribution in [2.24, 2.45) is 0 Å². The van der Waals surface area contributed by atoms with Crippen molar-refractivity contribution in [3.05, 3.63) is 71.3 Å². The van der Waals surface area contributed by atoms with E-state index in [1.165, 1.54) is 16.7 Å². The molecule has 0 radical (unpaired) electrons. The Morgan fingerprint density at radius 3 is 2.15 bits per heavy atom. The zero-order valence-electron chi connectivity index (χ0n) is 11.9. The molecule has 0 unspecified atom stereocenters. The van der Waals surface area contributed by atoms with Crippen LogP contribution in [0, 0.1) is 0 Å². The molecule has 20 heavy (non-hydrogen) atoms. The third kappa shape index (κ3) is 1.92. The number of carbonyl (C=O) groups is 1. The molecular formula is C18H19NO. The second-order valence-corrected chi connectivity index (χ2v) is 5.49. The minimum absolute atomic E-state index is 0.138. The van der Waals surface area contributed by atoms with Gasteiger partial charge in [-0.3, -0.25) is 4.79 Å². The van der Waals surface area contributed by atoms with E-state index in [2.05, 4.69) is 62.4 Å². The van der Waals surface area contributed by atoms with E-state index in [-0.39, 0.29) is 18.0 Å². The first kappa shape index (κ1) is 12.9. The van der Waals surface area contributed by atoms with Gasteiger partial charge < -0.3 is 4.90 Å². The maximum absolute atomic E-state index is 11.5. The molecule has 3 atom stereocenters. The molecule has 0 aromatic heterocycles. The highest BCUT2D eigenvalue weighted by atomic mass is 16.1. The number of benzene rings is 2. The summed E-state index contributed by atoms with van der Waals surface area (Å²) in [5.74, 6) is 0.244. The van der Waals surface area contributed by atoms with E-state index in [0.29, 0.717) is 0 Å². The van der Waals surface area contributed by atoms with Crippen molar-refractivity contribution in [3.63, 3.8) is 0 Å². The Morgan fingerprint density at radius 1 is 0.900 bits per heavy atom. The van der Waals surface area contributed by atoms with Crippen molar-refractivity contribution in [2.45, 2.75) is 31.8 Å². The van der Waals surface area contributed by atoms with Crippen LogP contribution in [-0.4, -0.2) is 17.4 Å². The monoisotopic (exact) mass is 265 g/mol. The fraction of sp³-hybridized carbons (Fsp3) is 0.278. The molecule has 0 spiro atoms. The van der Waals surface area contributed by atoms with Crippen molar-refractivity contribution in [3.8, 4) is 0 Å². The van der Waals surface area contributed by atoms with E-state index in [0.717, 1.165) is 6.41 Å². The van der Waals surface area contributed by atoms with Gasteiger partial charge in [0.25, 0.3) is 0 Å². The lowest BCUT2D eigenvalue weighted by Crippen LogP contribution is -2.43. The summed E-state index contributed by atoms with van der Waals surface area (Å²) in [5, 5.41) is 0. The third-order valence-corrected chi connectivity index (χ3v) is 4.46. The molecule has 0 fully saturated rings. The molecule has 1 heterocycles. The SMILES string of the molecule is C[C@@H]1c2ccccc2[C@H](c2ccccc2)[C@@H](C)N1C=O. The third-order valence-electron chi connectivity index (χ3n) is 4.46. The summed E-state index contributed by atoms with van der Waals surface area (Å²) >= 11 is 0. The van der Waals surface area contributed by atoms with Crippen molar-refractivity contribution in [1.82, 2.24) is 4.90 Å². The molecule has 2 heteroatoms. The molecule has 0 bridgehead atoms. The smallest absolute Gasteiger partial charge is 0.210 e. The van der Waals surface area contributed by atoms with E-state index < -0.39 is 0 Å². The summed E-state index contributed by atoms with van der Waals surface area (Å²) in [5.41, 5.74) is 3.87. The maximum Gasteiger partial charge on any atom is 0.210 e. The Hall–Kier alpha value is -2.09. The summed E-state index contributed by atoms with van der Waals surface area (Å²) in [7, 11) is 0. The first-order chi connectivity index (χ1) is 9.74. The number of fused-ring (bicyclic) bond motifs is 1. The quantitative estimate of drug-likeness (QED) is 0.757. The molecule has 2 aromatic rings. The molecule has 1 aliphatic heterocycles. The Balaban J connectivity index is 2.17. The number of nitrogens with zero attached hydrogens (tertiary/aromatic N) is 1. The van der Waals surface area contributed by atoms with Gasteiger partial charge in [-0.15, -0.1) is 0 Å². The van der Waals surface area contributed by atoms with Crippen molar-refractivity contribution in [2.75, 3.05) is 0 Å². The number of hydrogen-bond donors (Lipinski definition) is 0. The zero-order valence-corrected chi connectivity index (χ0v) is 11.9. The molecular weight excluding hydrogens is 246 g/mol. The lowest BCUT2D eigenvalue weighted by atomic mass is 9.77. The van der Waals surface area contributed by atoms with Crippen LogP contribution in [0.25, 0.3) is 0 Å². The average Bonchev–Trinajstić information content (AvgIpc) is 2.49. The normalized spacial score (nSPS) is 25.1. The van der Waals surface area contributed by atoms with Crippen LogP contribution >= 0.6 is 0 Å². The summed E-state index contributed by atoms with van der Waals surface area (Å²) in [6.45, 7) is 4.24. The van der Waals surface area contributed by atoms with Crippen LogP contribution in [0.15, 0.2) is 54.6 Å². The molecule has 102 valence electrons. The molecule has 0 saturated carbocycles. The highest BCUT2D eigenvalue weighted by Crippen LogP contribution is 2.42. The maximum atomic E-state index is 11.5. The van der Waals surface area contributed by atoms with E-state index in [1.807, 2.05) is 11.0 Å². The molecule has 0 saturated heterocycles. The van der Waals surface area contributed by atoms with Crippen molar-refractivity contribution >= 4 is 6.41 Å². The van der Waals surface area contributed by atoms with Gasteiger partial charge in [0.05, 0.1) is 6.04 Å². The van der Waals surface area contributed by atoms with Crippen LogP contribution in [-0.2, 0) is 4.79 Å². The minimum atomic E-state index is 0.138. The van der Waals surface area contributed by atoms with E-state index in [4.69, 9.17) is 0 Å².